The molecular formula is C19H32N2O3. The molecule has 0 radical (unpaired) electrons. The largest absolute Gasteiger partial charge is 0.354 e. The molecule has 136 valence electrons. The first-order valence-corrected chi connectivity index (χ1v) is 8.80. The monoisotopic (exact) mass is 336 g/mol. The Morgan fingerprint density at radius 1 is 1.21 bits per heavy atom. The van der Waals surface area contributed by atoms with Crippen LogP contribution in [0.4, 0.5) is 0 Å². The molecule has 5 nitrogen and oxygen atoms in total. The van der Waals surface area contributed by atoms with Crippen LogP contribution >= 0.6 is 0 Å². The average Bonchev–Trinajstić information content (AvgIpc) is 2.85. The minimum absolute atomic E-state index is 0.0779. The third kappa shape index (κ3) is 3.66. The molecule has 0 spiro atoms. The molecule has 2 rings (SSSR count). The smallest absolute Gasteiger partial charge is 0.330 e. The minimum Gasteiger partial charge on any atom is -0.354 e. The highest BCUT2D eigenvalue weighted by atomic mass is 16.5. The Labute approximate surface area is 144 Å². The molecule has 1 aliphatic heterocycles. The molecule has 1 aromatic heterocycles. The van der Waals surface area contributed by atoms with Gasteiger partial charge in [0.1, 0.15) is 6.23 Å². The van der Waals surface area contributed by atoms with Crippen LogP contribution < -0.4 is 11.2 Å². The van der Waals surface area contributed by atoms with Gasteiger partial charge in [0.25, 0.3) is 5.56 Å². The van der Waals surface area contributed by atoms with E-state index in [0.717, 1.165) is 6.42 Å². The zero-order chi connectivity index (χ0) is 18.4. The second kappa shape index (κ2) is 6.17. The molecule has 0 amide bonds. The highest BCUT2D eigenvalue weighted by Crippen LogP contribution is 2.48. The van der Waals surface area contributed by atoms with Gasteiger partial charge >= 0.3 is 5.69 Å². The quantitative estimate of drug-likeness (QED) is 0.899. The van der Waals surface area contributed by atoms with Gasteiger partial charge < -0.3 is 4.74 Å². The number of aromatic nitrogens is 2. The van der Waals surface area contributed by atoms with E-state index in [1.54, 1.807) is 17.7 Å². The van der Waals surface area contributed by atoms with Gasteiger partial charge in [-0.15, -0.1) is 0 Å². The van der Waals surface area contributed by atoms with Crippen LogP contribution in [-0.4, -0.2) is 15.7 Å². The highest BCUT2D eigenvalue weighted by Gasteiger charge is 2.47. The van der Waals surface area contributed by atoms with Crippen molar-refractivity contribution in [2.45, 2.75) is 74.1 Å². The number of nitrogens with zero attached hydrogens (tertiary/aromatic N) is 1. The normalized spacial score (nSPS) is 26.6. The van der Waals surface area contributed by atoms with Crippen molar-refractivity contribution in [3.63, 3.8) is 0 Å². The van der Waals surface area contributed by atoms with Crippen LogP contribution in [0, 0.1) is 29.6 Å². The summed E-state index contributed by atoms with van der Waals surface area (Å²) in [6.45, 7) is 17.3. The summed E-state index contributed by atoms with van der Waals surface area (Å²) in [5.74, 6) is 0.696. The molecule has 0 aromatic carbocycles. The summed E-state index contributed by atoms with van der Waals surface area (Å²) in [6.07, 6.45) is 2.15. The Bertz CT molecular complexity index is 703. The van der Waals surface area contributed by atoms with Crippen molar-refractivity contribution in [2.75, 3.05) is 0 Å². The molecule has 0 aliphatic carbocycles. The van der Waals surface area contributed by atoms with E-state index in [9.17, 15) is 9.59 Å². The molecular weight excluding hydrogens is 304 g/mol. The third-order valence-corrected chi connectivity index (χ3v) is 5.59. The first-order chi connectivity index (χ1) is 10.8. The maximum atomic E-state index is 12.2. The fraction of sp³-hybridized carbons (Fsp3) is 0.789. The van der Waals surface area contributed by atoms with E-state index in [0.29, 0.717) is 17.4 Å². The van der Waals surface area contributed by atoms with Crippen molar-refractivity contribution in [1.29, 1.82) is 0 Å². The van der Waals surface area contributed by atoms with E-state index in [4.69, 9.17) is 4.74 Å². The van der Waals surface area contributed by atoms with Crippen LogP contribution in [0.1, 0.15) is 66.7 Å². The highest BCUT2D eigenvalue weighted by molar-refractivity contribution is 5.03. The van der Waals surface area contributed by atoms with Crippen LogP contribution in [0.2, 0.25) is 0 Å². The van der Waals surface area contributed by atoms with E-state index in [1.165, 1.54) is 0 Å². The Kier molecular flexibility index (Phi) is 4.88. The lowest BCUT2D eigenvalue weighted by Gasteiger charge is -2.39. The first-order valence-electron chi connectivity index (χ1n) is 8.80. The van der Waals surface area contributed by atoms with E-state index in [2.05, 4.69) is 53.5 Å². The molecule has 5 heteroatoms. The summed E-state index contributed by atoms with van der Waals surface area (Å²) in [4.78, 5) is 26.2. The van der Waals surface area contributed by atoms with Crippen LogP contribution in [-0.2, 0) is 4.74 Å². The van der Waals surface area contributed by atoms with Crippen LogP contribution in [0.15, 0.2) is 15.8 Å². The lowest BCUT2D eigenvalue weighted by atomic mass is 9.68. The molecule has 24 heavy (non-hydrogen) atoms. The Hall–Kier alpha value is -1.36. The summed E-state index contributed by atoms with van der Waals surface area (Å²) >= 11 is 0. The zero-order valence-corrected chi connectivity index (χ0v) is 16.3. The summed E-state index contributed by atoms with van der Waals surface area (Å²) in [5.41, 5.74) is 0.000651. The van der Waals surface area contributed by atoms with Gasteiger partial charge in [-0.3, -0.25) is 14.3 Å². The number of rotatable bonds is 2. The van der Waals surface area contributed by atoms with Crippen LogP contribution in [0.5, 0.6) is 0 Å². The number of hydrogen-bond donors (Lipinski definition) is 1. The standard InChI is InChI=1S/C19H32N2O3/c1-11-10-21(17(23)20-16(11)22)14-9-13(19(6,7)8)15(24-14)12(2)18(3,4)5/h10,12-15H,9H2,1-8H3,(H,20,22,23)/t12-,13+,14+,15+/m0/s1. The molecule has 0 unspecified atom stereocenters. The summed E-state index contributed by atoms with van der Waals surface area (Å²) in [6, 6.07) is 0. The van der Waals surface area contributed by atoms with Gasteiger partial charge in [-0.05, 0) is 36.0 Å². The number of hydrogen-bond acceptors (Lipinski definition) is 3. The van der Waals surface area contributed by atoms with Gasteiger partial charge in [-0.25, -0.2) is 4.79 Å². The SMILES string of the molecule is Cc1cn([C@H]2C[C@@H](C(C)(C)C)[C@@H]([C@H](C)C(C)(C)C)O2)c(=O)[nH]c1=O. The van der Waals surface area contributed by atoms with E-state index in [1.807, 2.05) is 0 Å². The minimum atomic E-state index is -0.396. The molecule has 1 saturated heterocycles. The summed E-state index contributed by atoms with van der Waals surface area (Å²) in [7, 11) is 0. The molecule has 1 fully saturated rings. The molecule has 4 atom stereocenters. The van der Waals surface area contributed by atoms with Crippen molar-refractivity contribution >= 4 is 0 Å². The number of aromatic amines is 1. The van der Waals surface area contributed by atoms with Crippen molar-refractivity contribution in [3.8, 4) is 0 Å². The van der Waals surface area contributed by atoms with E-state index < -0.39 is 5.69 Å². The molecule has 2 heterocycles. The van der Waals surface area contributed by atoms with Crippen molar-refractivity contribution in [2.24, 2.45) is 22.7 Å². The summed E-state index contributed by atoms with van der Waals surface area (Å²) < 4.78 is 7.94. The van der Waals surface area contributed by atoms with Gasteiger partial charge in [0.05, 0.1) is 6.10 Å². The molecule has 0 bridgehead atoms. The van der Waals surface area contributed by atoms with Gasteiger partial charge in [-0.2, -0.15) is 0 Å². The van der Waals surface area contributed by atoms with E-state index in [-0.39, 0.29) is 28.7 Å². The molecule has 1 aliphatic rings. The number of nitrogens with one attached hydrogen (secondary N) is 1. The van der Waals surface area contributed by atoms with Gasteiger partial charge in [0.15, 0.2) is 0 Å². The molecule has 1 aromatic rings. The summed E-state index contributed by atoms with van der Waals surface area (Å²) in [5, 5.41) is 0. The van der Waals surface area contributed by atoms with Crippen LogP contribution in [0.3, 0.4) is 0 Å². The topological polar surface area (TPSA) is 64.1 Å². The maximum absolute atomic E-state index is 12.2. The van der Waals surface area contributed by atoms with Crippen LogP contribution in [0.25, 0.3) is 0 Å². The van der Waals surface area contributed by atoms with Gasteiger partial charge in [0, 0.05) is 11.8 Å². The fourth-order valence-electron chi connectivity index (χ4n) is 3.47. The van der Waals surface area contributed by atoms with Crippen molar-refractivity contribution in [1.82, 2.24) is 9.55 Å². The van der Waals surface area contributed by atoms with Crippen molar-refractivity contribution in [3.05, 3.63) is 32.6 Å². The Morgan fingerprint density at radius 2 is 1.79 bits per heavy atom. The molecule has 1 N–H and O–H groups in total. The van der Waals surface area contributed by atoms with Crippen molar-refractivity contribution < 1.29 is 4.74 Å². The Morgan fingerprint density at radius 3 is 2.29 bits per heavy atom. The molecule has 0 saturated carbocycles. The first kappa shape index (κ1) is 19.0. The Balaban J connectivity index is 2.41. The average molecular weight is 336 g/mol. The number of ether oxygens (including phenoxy) is 1. The maximum Gasteiger partial charge on any atom is 0.330 e. The second-order valence-corrected chi connectivity index (χ2v) is 9.40. The van der Waals surface area contributed by atoms with Gasteiger partial charge in [-0.1, -0.05) is 48.5 Å². The fourth-order valence-corrected chi connectivity index (χ4v) is 3.47. The van der Waals surface area contributed by atoms with E-state index >= 15 is 0 Å². The number of H-pyrrole nitrogens is 1. The van der Waals surface area contributed by atoms with Gasteiger partial charge in [0.2, 0.25) is 0 Å². The number of aryl methyl sites for hydroxylation is 1. The lowest BCUT2D eigenvalue weighted by molar-refractivity contribution is -0.0666. The predicted octanol–water partition coefficient (Wildman–Crippen LogP) is 3.48. The predicted molar refractivity (Wildman–Crippen MR) is 96.2 cm³/mol. The lowest BCUT2D eigenvalue weighted by Crippen LogP contribution is -2.38. The second-order valence-electron chi connectivity index (χ2n) is 9.40. The zero-order valence-electron chi connectivity index (χ0n) is 16.3. The third-order valence-electron chi connectivity index (χ3n) is 5.59.